The summed E-state index contributed by atoms with van der Waals surface area (Å²) in [6, 6.07) is 7.97. The molecule has 28 heavy (non-hydrogen) atoms. The Bertz CT molecular complexity index is 659. The largest absolute Gasteiger partial charge is 0.491 e. The third kappa shape index (κ3) is 7.83. The van der Waals surface area contributed by atoms with Crippen LogP contribution in [-0.2, 0) is 0 Å². The van der Waals surface area contributed by atoms with Gasteiger partial charge in [0.05, 0.1) is 12.2 Å². The molecule has 3 atom stereocenters. The summed E-state index contributed by atoms with van der Waals surface area (Å²) in [4.78, 5) is 0. The Kier molecular flexibility index (Phi) is 10.6. The maximum Gasteiger partial charge on any atom is 0.119 e. The number of ether oxygens (including phenoxy) is 1. The van der Waals surface area contributed by atoms with E-state index in [-0.39, 0.29) is 11.5 Å². The third-order valence-corrected chi connectivity index (χ3v) is 5.37. The first-order valence-electron chi connectivity index (χ1n) is 9.96. The lowest BCUT2D eigenvalue weighted by Crippen LogP contribution is -2.17. The van der Waals surface area contributed by atoms with Crippen LogP contribution in [0.1, 0.15) is 52.5 Å². The molecule has 2 rings (SSSR count). The average molecular weight is 407 g/mol. The van der Waals surface area contributed by atoms with Crippen molar-refractivity contribution in [3.8, 4) is 5.75 Å². The summed E-state index contributed by atoms with van der Waals surface area (Å²) in [7, 11) is 0. The number of benzene rings is 1. The van der Waals surface area contributed by atoms with E-state index in [1.54, 1.807) is 0 Å². The minimum Gasteiger partial charge on any atom is -0.491 e. The highest BCUT2D eigenvalue weighted by molar-refractivity contribution is 6.18. The predicted octanol–water partition coefficient (Wildman–Crippen LogP) is 5.76. The van der Waals surface area contributed by atoms with Crippen molar-refractivity contribution in [2.45, 2.75) is 59.2 Å². The fourth-order valence-electron chi connectivity index (χ4n) is 2.55. The van der Waals surface area contributed by atoms with Gasteiger partial charge >= 0.3 is 0 Å². The number of rotatable bonds is 8. The molecule has 0 heterocycles. The maximum absolute atomic E-state index is 9.54. The zero-order valence-corrected chi connectivity index (χ0v) is 18.4. The van der Waals surface area contributed by atoms with E-state index in [1.807, 2.05) is 38.1 Å². The Labute approximate surface area is 175 Å². The zero-order valence-electron chi connectivity index (χ0n) is 17.6. The summed E-state index contributed by atoms with van der Waals surface area (Å²) < 4.78 is 5.57. The standard InChI is InChI=1S/C20H26O2.C4H9ClO/c1-5-18(21)14-22-19-8-6-17(7-9-19)16(3)20(4)12-10-15(2)11-13-20;1-2-4(6)3-5/h6-12,18,21H,3,5,13-14H2,1-2,4H3;4,6H,2-3H2,1H3. The van der Waals surface area contributed by atoms with Gasteiger partial charge in [0.1, 0.15) is 12.4 Å². The molecule has 1 aliphatic rings. The third-order valence-electron chi connectivity index (χ3n) is 5.02. The molecule has 4 heteroatoms. The van der Waals surface area contributed by atoms with Crippen LogP contribution in [0.2, 0.25) is 0 Å². The molecule has 3 nitrogen and oxygen atoms in total. The number of aliphatic hydroxyl groups excluding tert-OH is 2. The van der Waals surface area contributed by atoms with Gasteiger partial charge in [-0.2, -0.15) is 0 Å². The van der Waals surface area contributed by atoms with E-state index >= 15 is 0 Å². The monoisotopic (exact) mass is 406 g/mol. The lowest BCUT2D eigenvalue weighted by Gasteiger charge is -2.30. The Hall–Kier alpha value is -1.55. The predicted molar refractivity (Wildman–Crippen MR) is 120 cm³/mol. The molecule has 2 N–H and O–H groups in total. The van der Waals surface area contributed by atoms with E-state index in [0.29, 0.717) is 18.9 Å². The molecular formula is C24H35ClO3. The second-order valence-corrected chi connectivity index (χ2v) is 7.80. The van der Waals surface area contributed by atoms with Gasteiger partial charge in [-0.3, -0.25) is 0 Å². The Morgan fingerprint density at radius 1 is 1.18 bits per heavy atom. The van der Waals surface area contributed by atoms with Gasteiger partial charge in [-0.25, -0.2) is 0 Å². The number of aliphatic hydroxyl groups is 2. The summed E-state index contributed by atoms with van der Waals surface area (Å²) in [5.74, 6) is 1.14. The van der Waals surface area contributed by atoms with Crippen LogP contribution in [0.15, 0.2) is 54.6 Å². The highest BCUT2D eigenvalue weighted by Gasteiger charge is 2.26. The molecule has 1 aromatic carbocycles. The molecule has 0 saturated carbocycles. The number of hydrogen-bond acceptors (Lipinski definition) is 3. The zero-order chi connectivity index (χ0) is 21.2. The molecule has 0 spiro atoms. The second-order valence-electron chi connectivity index (χ2n) is 7.50. The van der Waals surface area contributed by atoms with E-state index in [9.17, 15) is 5.11 Å². The molecule has 0 aliphatic heterocycles. The van der Waals surface area contributed by atoms with Gasteiger partial charge in [-0.15, -0.1) is 11.6 Å². The van der Waals surface area contributed by atoms with Crippen LogP contribution >= 0.6 is 11.6 Å². The SMILES string of the molecule is C=C(c1ccc(OCC(O)CC)cc1)C1(C)C=CC(C)=CC1.CCC(O)CCl. The van der Waals surface area contributed by atoms with Crippen molar-refractivity contribution in [1.29, 1.82) is 0 Å². The van der Waals surface area contributed by atoms with Crippen LogP contribution in [0.4, 0.5) is 0 Å². The Balaban J connectivity index is 0.000000568. The fourth-order valence-corrected chi connectivity index (χ4v) is 2.77. The van der Waals surface area contributed by atoms with Gasteiger partial charge in [-0.05, 0) is 49.5 Å². The highest BCUT2D eigenvalue weighted by atomic mass is 35.5. The first-order valence-corrected chi connectivity index (χ1v) is 10.5. The van der Waals surface area contributed by atoms with Gasteiger partial charge in [0.25, 0.3) is 0 Å². The number of hydrogen-bond donors (Lipinski definition) is 2. The average Bonchev–Trinajstić information content (AvgIpc) is 2.73. The van der Waals surface area contributed by atoms with Crippen molar-refractivity contribution in [3.05, 3.63) is 60.2 Å². The van der Waals surface area contributed by atoms with Crippen LogP contribution < -0.4 is 4.74 Å². The summed E-state index contributed by atoms with van der Waals surface area (Å²) >= 11 is 5.20. The number of halogens is 1. The van der Waals surface area contributed by atoms with E-state index in [1.165, 1.54) is 5.57 Å². The van der Waals surface area contributed by atoms with Crippen LogP contribution in [0.25, 0.3) is 5.57 Å². The van der Waals surface area contributed by atoms with E-state index in [0.717, 1.165) is 29.7 Å². The second kappa shape index (κ2) is 12.1. The molecule has 1 aliphatic carbocycles. The van der Waals surface area contributed by atoms with Crippen LogP contribution in [0.3, 0.4) is 0 Å². The molecule has 0 fully saturated rings. The fraction of sp³-hybridized carbons (Fsp3) is 0.500. The lowest BCUT2D eigenvalue weighted by molar-refractivity contribution is 0.104. The molecule has 0 aromatic heterocycles. The Morgan fingerprint density at radius 3 is 2.21 bits per heavy atom. The normalized spacial score (nSPS) is 20.5. The van der Waals surface area contributed by atoms with Crippen molar-refractivity contribution in [3.63, 3.8) is 0 Å². The van der Waals surface area contributed by atoms with E-state index in [2.05, 4.69) is 38.7 Å². The summed E-state index contributed by atoms with van der Waals surface area (Å²) in [5, 5.41) is 18.1. The topological polar surface area (TPSA) is 49.7 Å². The minimum atomic E-state index is -0.407. The molecule has 0 bridgehead atoms. The highest BCUT2D eigenvalue weighted by Crippen LogP contribution is 2.41. The van der Waals surface area contributed by atoms with Crippen LogP contribution in [0, 0.1) is 5.41 Å². The summed E-state index contributed by atoms with van der Waals surface area (Å²) in [5.41, 5.74) is 3.53. The molecule has 156 valence electrons. The summed E-state index contributed by atoms with van der Waals surface area (Å²) in [6.45, 7) is 12.8. The Morgan fingerprint density at radius 2 is 1.79 bits per heavy atom. The number of alkyl halides is 1. The van der Waals surface area contributed by atoms with Crippen molar-refractivity contribution >= 4 is 17.2 Å². The molecule has 0 radical (unpaired) electrons. The van der Waals surface area contributed by atoms with Crippen molar-refractivity contribution in [2.24, 2.45) is 5.41 Å². The van der Waals surface area contributed by atoms with E-state index < -0.39 is 6.10 Å². The molecule has 0 amide bonds. The van der Waals surface area contributed by atoms with Gasteiger partial charge in [0.2, 0.25) is 0 Å². The smallest absolute Gasteiger partial charge is 0.119 e. The van der Waals surface area contributed by atoms with Crippen LogP contribution in [0.5, 0.6) is 5.75 Å². The molecule has 0 saturated heterocycles. The van der Waals surface area contributed by atoms with Crippen molar-refractivity contribution in [2.75, 3.05) is 12.5 Å². The molecule has 3 unspecified atom stereocenters. The molecule has 1 aromatic rings. The van der Waals surface area contributed by atoms with E-state index in [4.69, 9.17) is 21.4 Å². The molecular weight excluding hydrogens is 372 g/mol. The lowest BCUT2D eigenvalue weighted by atomic mass is 9.74. The van der Waals surface area contributed by atoms with Crippen LogP contribution in [-0.4, -0.2) is 34.9 Å². The first kappa shape index (κ1) is 24.5. The summed E-state index contributed by atoms with van der Waals surface area (Å²) in [6.07, 6.45) is 8.40. The minimum absolute atomic E-state index is 0.0275. The van der Waals surface area contributed by atoms with Crippen molar-refractivity contribution in [1.82, 2.24) is 0 Å². The first-order chi connectivity index (χ1) is 13.3. The number of allylic oxidation sites excluding steroid dienone is 5. The van der Waals surface area contributed by atoms with Gasteiger partial charge in [0, 0.05) is 11.3 Å². The quantitative estimate of drug-likeness (QED) is 0.539. The van der Waals surface area contributed by atoms with Gasteiger partial charge < -0.3 is 14.9 Å². The van der Waals surface area contributed by atoms with Gasteiger partial charge in [0.15, 0.2) is 0 Å². The van der Waals surface area contributed by atoms with Crippen molar-refractivity contribution < 1.29 is 14.9 Å². The maximum atomic E-state index is 9.54. The van der Waals surface area contributed by atoms with Gasteiger partial charge in [-0.1, -0.05) is 63.3 Å².